The first-order valence-corrected chi connectivity index (χ1v) is 5.15. The second-order valence-corrected chi connectivity index (χ2v) is 3.78. The number of carboxylic acid groups (broad SMARTS) is 1. The highest BCUT2D eigenvalue weighted by Crippen LogP contribution is 2.26. The first-order chi connectivity index (χ1) is 8.50. The van der Waals surface area contributed by atoms with Crippen LogP contribution in [0.2, 0.25) is 0 Å². The second kappa shape index (κ2) is 4.52. The Morgan fingerprint density at radius 3 is 2.44 bits per heavy atom. The lowest BCUT2D eigenvalue weighted by Crippen LogP contribution is -2.04. The third-order valence-corrected chi connectivity index (χ3v) is 2.54. The predicted octanol–water partition coefficient (Wildman–Crippen LogP) is 3.03. The van der Waals surface area contributed by atoms with Gasteiger partial charge in [0.15, 0.2) is 11.6 Å². The zero-order valence-corrected chi connectivity index (χ0v) is 9.45. The molecule has 0 radical (unpaired) electrons. The predicted molar refractivity (Wildman–Crippen MR) is 61.3 cm³/mol. The molecule has 0 aliphatic heterocycles. The standard InChI is InChI=1S/C13H9F2NO2/c1-7-2-3-8(6-16-7)9-4-5-10(13(17)18)12(15)11(9)14/h2-6H,1H3,(H,17,18). The van der Waals surface area contributed by atoms with Gasteiger partial charge in [-0.15, -0.1) is 0 Å². The molecule has 2 rings (SSSR count). The number of hydrogen-bond acceptors (Lipinski definition) is 2. The van der Waals surface area contributed by atoms with Crippen molar-refractivity contribution in [2.45, 2.75) is 6.92 Å². The molecule has 1 heterocycles. The van der Waals surface area contributed by atoms with Crippen LogP contribution in [0.15, 0.2) is 30.5 Å². The fraction of sp³-hybridized carbons (Fsp3) is 0.0769. The highest BCUT2D eigenvalue weighted by atomic mass is 19.2. The van der Waals surface area contributed by atoms with Gasteiger partial charge in [0.2, 0.25) is 0 Å². The molecule has 5 heteroatoms. The molecule has 0 aliphatic carbocycles. The minimum Gasteiger partial charge on any atom is -0.478 e. The van der Waals surface area contributed by atoms with Crippen LogP contribution >= 0.6 is 0 Å². The smallest absolute Gasteiger partial charge is 0.338 e. The van der Waals surface area contributed by atoms with Crippen LogP contribution < -0.4 is 0 Å². The Labute approximate surface area is 102 Å². The van der Waals surface area contributed by atoms with Crippen molar-refractivity contribution in [3.63, 3.8) is 0 Å². The van der Waals surface area contributed by atoms with Gasteiger partial charge in [0.1, 0.15) is 0 Å². The van der Waals surface area contributed by atoms with Crippen LogP contribution in [0.1, 0.15) is 16.1 Å². The van der Waals surface area contributed by atoms with Crippen LogP contribution in [0.5, 0.6) is 0 Å². The van der Waals surface area contributed by atoms with Crippen LogP contribution in [-0.2, 0) is 0 Å². The minimum atomic E-state index is -1.50. The summed E-state index contributed by atoms with van der Waals surface area (Å²) in [6.45, 7) is 1.77. The van der Waals surface area contributed by atoms with E-state index in [0.717, 1.165) is 11.8 Å². The van der Waals surface area contributed by atoms with Crippen molar-refractivity contribution >= 4 is 5.97 Å². The molecule has 0 amide bonds. The first kappa shape index (κ1) is 12.2. The van der Waals surface area contributed by atoms with Crippen LogP contribution in [0, 0.1) is 18.6 Å². The maximum atomic E-state index is 13.7. The van der Waals surface area contributed by atoms with E-state index in [-0.39, 0.29) is 5.56 Å². The van der Waals surface area contributed by atoms with E-state index in [4.69, 9.17) is 5.11 Å². The zero-order chi connectivity index (χ0) is 13.3. The molecule has 1 aromatic heterocycles. The molecule has 0 spiro atoms. The van der Waals surface area contributed by atoms with Gasteiger partial charge < -0.3 is 5.11 Å². The Balaban J connectivity index is 2.57. The van der Waals surface area contributed by atoms with Crippen LogP contribution in [0.3, 0.4) is 0 Å². The SMILES string of the molecule is Cc1ccc(-c2ccc(C(=O)O)c(F)c2F)cn1. The van der Waals surface area contributed by atoms with E-state index in [0.29, 0.717) is 5.56 Å². The molecule has 0 unspecified atom stereocenters. The fourth-order valence-corrected chi connectivity index (χ4v) is 1.56. The molecule has 2 aromatic rings. The number of halogens is 2. The lowest BCUT2D eigenvalue weighted by atomic mass is 10.0. The molecule has 1 aromatic carbocycles. The number of aromatic carboxylic acids is 1. The molecule has 0 saturated heterocycles. The van der Waals surface area contributed by atoms with E-state index in [2.05, 4.69) is 4.98 Å². The van der Waals surface area contributed by atoms with Gasteiger partial charge in [-0.25, -0.2) is 13.6 Å². The molecule has 18 heavy (non-hydrogen) atoms. The molecule has 0 fully saturated rings. The van der Waals surface area contributed by atoms with Gasteiger partial charge in [-0.3, -0.25) is 4.98 Å². The number of pyridine rings is 1. The summed E-state index contributed by atoms with van der Waals surface area (Å²) in [4.78, 5) is 14.6. The van der Waals surface area contributed by atoms with E-state index in [9.17, 15) is 13.6 Å². The van der Waals surface area contributed by atoms with Crippen LogP contribution in [0.4, 0.5) is 8.78 Å². The van der Waals surface area contributed by atoms with Gasteiger partial charge in [-0.1, -0.05) is 12.1 Å². The quantitative estimate of drug-likeness (QED) is 0.889. The average Bonchev–Trinajstić information content (AvgIpc) is 2.33. The summed E-state index contributed by atoms with van der Waals surface area (Å²) < 4.78 is 27.2. The van der Waals surface area contributed by atoms with Crippen molar-refractivity contribution < 1.29 is 18.7 Å². The van der Waals surface area contributed by atoms with Crippen molar-refractivity contribution in [1.29, 1.82) is 0 Å². The molecule has 0 aliphatic rings. The summed E-state index contributed by atoms with van der Waals surface area (Å²) in [5.41, 5.74) is 0.456. The van der Waals surface area contributed by atoms with Gasteiger partial charge >= 0.3 is 5.97 Å². The van der Waals surface area contributed by atoms with Gasteiger partial charge in [0.05, 0.1) is 5.56 Å². The highest BCUT2D eigenvalue weighted by Gasteiger charge is 2.18. The lowest BCUT2D eigenvalue weighted by Gasteiger charge is -2.06. The second-order valence-electron chi connectivity index (χ2n) is 3.78. The molecule has 1 N–H and O–H groups in total. The number of hydrogen-bond donors (Lipinski definition) is 1. The summed E-state index contributed by atoms with van der Waals surface area (Å²) in [5.74, 6) is -4.04. The third-order valence-electron chi connectivity index (χ3n) is 2.54. The normalized spacial score (nSPS) is 10.4. The maximum absolute atomic E-state index is 13.7. The number of aromatic nitrogens is 1. The Morgan fingerprint density at radius 1 is 1.17 bits per heavy atom. The lowest BCUT2D eigenvalue weighted by molar-refractivity contribution is 0.0690. The topological polar surface area (TPSA) is 50.2 Å². The summed E-state index contributed by atoms with van der Waals surface area (Å²) in [6, 6.07) is 5.53. The molecular formula is C13H9F2NO2. The molecule has 0 saturated carbocycles. The Morgan fingerprint density at radius 2 is 1.89 bits per heavy atom. The maximum Gasteiger partial charge on any atom is 0.338 e. The summed E-state index contributed by atoms with van der Waals surface area (Å²) in [5, 5.41) is 8.67. The van der Waals surface area contributed by atoms with Crippen LogP contribution in [-0.4, -0.2) is 16.1 Å². The van der Waals surface area contributed by atoms with Gasteiger partial charge in [-0.2, -0.15) is 0 Å². The highest BCUT2D eigenvalue weighted by molar-refractivity contribution is 5.88. The van der Waals surface area contributed by atoms with Crippen molar-refractivity contribution in [3.05, 3.63) is 53.4 Å². The van der Waals surface area contributed by atoms with E-state index in [1.54, 1.807) is 19.1 Å². The van der Waals surface area contributed by atoms with Crippen molar-refractivity contribution in [2.24, 2.45) is 0 Å². The molecular weight excluding hydrogens is 240 g/mol. The molecule has 3 nitrogen and oxygen atoms in total. The number of rotatable bonds is 2. The van der Waals surface area contributed by atoms with E-state index in [1.807, 2.05) is 0 Å². The average molecular weight is 249 g/mol. The Bertz CT molecular complexity index is 609. The van der Waals surface area contributed by atoms with Gasteiger partial charge in [-0.05, 0) is 19.1 Å². The number of benzene rings is 1. The Kier molecular flexibility index (Phi) is 3.06. The molecule has 0 atom stereocenters. The summed E-state index contributed by atoms with van der Waals surface area (Å²) >= 11 is 0. The van der Waals surface area contributed by atoms with Crippen LogP contribution in [0.25, 0.3) is 11.1 Å². The number of nitrogens with zero attached hydrogens (tertiary/aromatic N) is 1. The molecule has 0 bridgehead atoms. The number of carbonyl (C=O) groups is 1. The number of aryl methyl sites for hydroxylation is 1. The number of carboxylic acids is 1. The monoisotopic (exact) mass is 249 g/mol. The van der Waals surface area contributed by atoms with E-state index >= 15 is 0 Å². The third kappa shape index (κ3) is 2.07. The minimum absolute atomic E-state index is 0.00926. The van der Waals surface area contributed by atoms with E-state index in [1.165, 1.54) is 12.3 Å². The zero-order valence-electron chi connectivity index (χ0n) is 9.45. The fourth-order valence-electron chi connectivity index (χ4n) is 1.56. The summed E-state index contributed by atoms with van der Waals surface area (Å²) in [7, 11) is 0. The van der Waals surface area contributed by atoms with Crippen molar-refractivity contribution in [2.75, 3.05) is 0 Å². The summed E-state index contributed by atoms with van der Waals surface area (Å²) in [6.07, 6.45) is 1.41. The van der Waals surface area contributed by atoms with E-state index < -0.39 is 23.2 Å². The largest absolute Gasteiger partial charge is 0.478 e. The van der Waals surface area contributed by atoms with Crippen molar-refractivity contribution in [1.82, 2.24) is 4.98 Å². The molecule has 92 valence electrons. The first-order valence-electron chi connectivity index (χ1n) is 5.15. The Hall–Kier alpha value is -2.30. The van der Waals surface area contributed by atoms with Crippen molar-refractivity contribution in [3.8, 4) is 11.1 Å². The van der Waals surface area contributed by atoms with Gasteiger partial charge in [0.25, 0.3) is 0 Å². The van der Waals surface area contributed by atoms with Gasteiger partial charge in [0, 0.05) is 23.0 Å².